The van der Waals surface area contributed by atoms with Gasteiger partial charge in [-0.15, -0.1) is 0 Å². The highest BCUT2D eigenvalue weighted by atomic mass is 32.2. The molecule has 2 unspecified atom stereocenters. The van der Waals surface area contributed by atoms with Gasteiger partial charge in [-0.05, 0) is 74.4 Å². The first kappa shape index (κ1) is 28.8. The summed E-state index contributed by atoms with van der Waals surface area (Å²) in [5.74, 6) is -1.73. The molecule has 40 heavy (non-hydrogen) atoms. The molecule has 0 amide bonds. The highest BCUT2D eigenvalue weighted by molar-refractivity contribution is 7.97. The predicted molar refractivity (Wildman–Crippen MR) is 144 cm³/mol. The van der Waals surface area contributed by atoms with Crippen molar-refractivity contribution in [2.24, 2.45) is 17.8 Å². The fraction of sp³-hybridized carbons (Fsp3) is 0.333. The Morgan fingerprint density at radius 2 is 1.27 bits per heavy atom. The molecule has 4 aliphatic rings. The molecule has 10 heteroatoms. The SMILES string of the molecule is O=C1C2CC3CC1CC(OC(=O)C(F)(F)SOO[O-])(C3)C2.c1ccc([S+](c2ccccc2)c2ccccc2)cc1. The van der Waals surface area contributed by atoms with Gasteiger partial charge in [-0.25, -0.2) is 4.79 Å². The first-order valence-corrected chi connectivity index (χ1v) is 15.0. The molecular formula is C30H28F2O6S2. The summed E-state index contributed by atoms with van der Waals surface area (Å²) < 4.78 is 35.5. The van der Waals surface area contributed by atoms with Crippen LogP contribution in [0.1, 0.15) is 32.1 Å². The molecule has 0 aliphatic heterocycles. The second-order valence-corrected chi connectivity index (χ2v) is 13.1. The minimum atomic E-state index is -4.03. The van der Waals surface area contributed by atoms with E-state index in [1.165, 1.54) is 14.7 Å². The van der Waals surface area contributed by atoms with E-state index in [4.69, 9.17) is 4.74 Å². The number of hydrogen-bond acceptors (Lipinski definition) is 7. The number of ether oxygens (including phenoxy) is 1. The lowest BCUT2D eigenvalue weighted by molar-refractivity contribution is -0.777. The Morgan fingerprint density at radius 1 is 0.825 bits per heavy atom. The molecule has 0 saturated heterocycles. The first-order chi connectivity index (χ1) is 19.3. The van der Waals surface area contributed by atoms with E-state index < -0.39 is 28.9 Å². The van der Waals surface area contributed by atoms with E-state index in [1.54, 1.807) is 0 Å². The topological polar surface area (TPSA) is 84.9 Å². The molecule has 3 aromatic carbocycles. The number of benzene rings is 3. The van der Waals surface area contributed by atoms with E-state index >= 15 is 0 Å². The van der Waals surface area contributed by atoms with E-state index in [2.05, 4.69) is 100 Å². The maximum absolute atomic E-state index is 13.4. The normalized spacial score (nSPS) is 24.9. The average molecular weight is 587 g/mol. The maximum Gasteiger partial charge on any atom is 0.415 e. The van der Waals surface area contributed by atoms with Gasteiger partial charge in [0.2, 0.25) is 0 Å². The molecule has 0 radical (unpaired) electrons. The molecule has 0 aromatic heterocycles. The first-order valence-electron chi connectivity index (χ1n) is 13.0. The number of Topliss-reactive ketones (excluding diaryl/α,β-unsaturated/α-hetero) is 1. The van der Waals surface area contributed by atoms with Crippen molar-refractivity contribution in [2.45, 2.75) is 57.6 Å². The van der Waals surface area contributed by atoms with E-state index in [9.17, 15) is 23.6 Å². The van der Waals surface area contributed by atoms with Crippen LogP contribution in [0.4, 0.5) is 8.78 Å². The van der Waals surface area contributed by atoms with E-state index in [1.807, 2.05) is 0 Å². The molecule has 2 atom stereocenters. The van der Waals surface area contributed by atoms with Crippen LogP contribution >= 0.6 is 12.0 Å². The molecule has 4 aliphatic carbocycles. The van der Waals surface area contributed by atoms with Crippen molar-refractivity contribution in [3.8, 4) is 0 Å². The zero-order chi connectivity index (χ0) is 28.2. The van der Waals surface area contributed by atoms with Crippen LogP contribution in [0.2, 0.25) is 0 Å². The Hall–Kier alpha value is -2.76. The van der Waals surface area contributed by atoms with Crippen LogP contribution in [-0.2, 0) is 34.6 Å². The Balaban J connectivity index is 0.000000162. The van der Waals surface area contributed by atoms with Crippen LogP contribution in [0.5, 0.6) is 0 Å². The number of halogens is 2. The summed E-state index contributed by atoms with van der Waals surface area (Å²) in [5.41, 5.74) is -0.982. The van der Waals surface area contributed by atoms with E-state index in [-0.39, 0.29) is 34.4 Å². The van der Waals surface area contributed by atoms with E-state index in [0.29, 0.717) is 19.3 Å². The molecule has 4 fully saturated rings. The summed E-state index contributed by atoms with van der Waals surface area (Å²) in [5, 5.41) is 8.37. The Morgan fingerprint density at radius 3 is 1.70 bits per heavy atom. The summed E-state index contributed by atoms with van der Waals surface area (Å²) in [4.78, 5) is 27.7. The Bertz CT molecular complexity index is 1180. The predicted octanol–water partition coefficient (Wildman–Crippen LogP) is 5.92. The zero-order valence-corrected chi connectivity index (χ0v) is 23.1. The summed E-state index contributed by atoms with van der Waals surface area (Å²) in [7, 11) is -0.0146. The molecule has 0 heterocycles. The van der Waals surface area contributed by atoms with Crippen molar-refractivity contribution in [1.82, 2.24) is 0 Å². The quantitative estimate of drug-likeness (QED) is 0.106. The number of carbonyl (C=O) groups excluding carboxylic acids is 2. The van der Waals surface area contributed by atoms with Gasteiger partial charge in [0.15, 0.2) is 14.7 Å². The van der Waals surface area contributed by atoms with Crippen molar-refractivity contribution < 1.29 is 37.7 Å². The Kier molecular flexibility index (Phi) is 8.92. The Labute approximate surface area is 238 Å². The lowest BCUT2D eigenvalue weighted by atomic mass is 9.53. The van der Waals surface area contributed by atoms with Gasteiger partial charge in [0.05, 0.1) is 10.9 Å². The molecule has 6 nitrogen and oxygen atoms in total. The van der Waals surface area contributed by atoms with Crippen molar-refractivity contribution in [3.63, 3.8) is 0 Å². The molecule has 3 aromatic rings. The molecular weight excluding hydrogens is 558 g/mol. The maximum atomic E-state index is 13.4. The minimum absolute atomic E-state index is 0.0146. The van der Waals surface area contributed by atoms with E-state index in [0.717, 1.165) is 12.8 Å². The number of carbonyl (C=O) groups is 2. The van der Waals surface area contributed by atoms with Crippen molar-refractivity contribution >= 4 is 34.7 Å². The number of rotatable bonds is 8. The third-order valence-corrected chi connectivity index (χ3v) is 10.3. The largest absolute Gasteiger partial charge is 0.691 e. The van der Waals surface area contributed by atoms with Crippen LogP contribution in [0, 0.1) is 17.8 Å². The highest BCUT2D eigenvalue weighted by Crippen LogP contribution is 2.56. The summed E-state index contributed by atoms with van der Waals surface area (Å²) in [6.45, 7) is 0. The molecule has 0 N–H and O–H groups in total. The summed E-state index contributed by atoms with van der Waals surface area (Å²) in [6.07, 6.45) is 2.65. The van der Waals surface area contributed by atoms with Gasteiger partial charge in [-0.1, -0.05) is 54.6 Å². The second-order valence-electron chi connectivity index (χ2n) is 10.3. The van der Waals surface area contributed by atoms with Crippen LogP contribution in [0.25, 0.3) is 0 Å². The third kappa shape index (κ3) is 6.42. The van der Waals surface area contributed by atoms with Crippen LogP contribution in [0.15, 0.2) is 106 Å². The summed E-state index contributed by atoms with van der Waals surface area (Å²) >= 11 is -0.694. The van der Waals surface area contributed by atoms with Crippen LogP contribution < -0.4 is 5.26 Å². The van der Waals surface area contributed by atoms with Gasteiger partial charge >= 0.3 is 11.2 Å². The molecule has 4 saturated carbocycles. The number of alkyl halides is 2. The van der Waals surface area contributed by atoms with Gasteiger partial charge < -0.3 is 9.99 Å². The van der Waals surface area contributed by atoms with Crippen molar-refractivity contribution in [1.29, 1.82) is 0 Å². The van der Waals surface area contributed by atoms with Gasteiger partial charge in [-0.2, -0.15) is 13.1 Å². The van der Waals surface area contributed by atoms with Gasteiger partial charge in [-0.3, -0.25) is 9.83 Å². The number of ketones is 1. The lowest BCUT2D eigenvalue weighted by Gasteiger charge is -2.54. The smallest absolute Gasteiger partial charge is 0.415 e. The van der Waals surface area contributed by atoms with Gasteiger partial charge in [0.25, 0.3) is 0 Å². The number of esters is 1. The fourth-order valence-corrected chi connectivity index (χ4v) is 8.55. The zero-order valence-electron chi connectivity index (χ0n) is 21.4. The van der Waals surface area contributed by atoms with Crippen molar-refractivity contribution in [3.05, 3.63) is 91.0 Å². The average Bonchev–Trinajstić information content (AvgIpc) is 2.96. The number of hydrogen-bond donors (Lipinski definition) is 0. The van der Waals surface area contributed by atoms with Crippen LogP contribution in [0.3, 0.4) is 0 Å². The molecule has 4 bridgehead atoms. The molecule has 210 valence electrons. The second kappa shape index (κ2) is 12.4. The van der Waals surface area contributed by atoms with Crippen LogP contribution in [-0.4, -0.2) is 22.6 Å². The summed E-state index contributed by atoms with van der Waals surface area (Å²) in [6, 6.07) is 32.2. The lowest BCUT2D eigenvalue weighted by Crippen LogP contribution is -2.57. The molecule has 0 spiro atoms. The van der Waals surface area contributed by atoms with Gasteiger partial charge in [0, 0.05) is 11.8 Å². The highest BCUT2D eigenvalue weighted by Gasteiger charge is 2.59. The van der Waals surface area contributed by atoms with Crippen molar-refractivity contribution in [2.75, 3.05) is 0 Å². The fourth-order valence-electron chi connectivity index (χ4n) is 6.22. The standard InChI is InChI=1S/C18H15S.C12H14F2O6S/c1-4-10-16(11-5-1)19(17-12-6-2-7-13-17)18-14-8-3-9-15-18;13-12(14,21-20-19-17)10(16)18-11-3-6-1-7(4-11)9(15)8(2-6)5-11/h1-15H;6-8,17H,1-5H2/q+1;/p-1. The molecule has 7 rings (SSSR count). The third-order valence-electron chi connectivity index (χ3n) is 7.59. The monoisotopic (exact) mass is 586 g/mol. The minimum Gasteiger partial charge on any atom is -0.691 e. The van der Waals surface area contributed by atoms with Gasteiger partial charge in [0.1, 0.15) is 23.4 Å².